The van der Waals surface area contributed by atoms with Gasteiger partial charge in [-0.15, -0.1) is 0 Å². The highest BCUT2D eigenvalue weighted by Gasteiger charge is 1.94. The topological polar surface area (TPSA) is 0 Å². The molecule has 0 aliphatic rings. The maximum atomic E-state index is 3.42. The lowest BCUT2D eigenvalue weighted by molar-refractivity contribution is 1.21. The summed E-state index contributed by atoms with van der Waals surface area (Å²) in [5, 5.41) is 1.05. The Morgan fingerprint density at radius 2 is 2.17 bits per heavy atom. The molecule has 0 aliphatic carbocycles. The van der Waals surface area contributed by atoms with Gasteiger partial charge in [0.1, 0.15) is 0 Å². The molecule has 0 rings (SSSR count). The van der Waals surface area contributed by atoms with E-state index in [0.29, 0.717) is 4.83 Å². The van der Waals surface area contributed by atoms with Crippen LogP contribution in [0.1, 0.15) is 0 Å². The van der Waals surface area contributed by atoms with Crippen LogP contribution in [0, 0.1) is 0 Å². The first-order chi connectivity index (χ1) is 2.81. The summed E-state index contributed by atoms with van der Waals surface area (Å²) < 4.78 is 1.17. The number of rotatable bonds is 2. The third-order valence-corrected chi connectivity index (χ3v) is 4.91. The van der Waals surface area contributed by atoms with Crippen LogP contribution in [-0.2, 0) is 0 Å². The molecular formula is C3H5Br2I. The molecule has 0 aromatic carbocycles. The average Bonchev–Trinajstić information content (AvgIpc) is 1.65. The molecule has 3 heteroatoms. The van der Waals surface area contributed by atoms with Gasteiger partial charge in [-0.05, 0) is 0 Å². The standard InChI is InChI=1S/C3H5Br2I/c4-1-3(5)2-6/h3H,1-2H2. The third-order valence-electron chi connectivity index (χ3n) is 0.335. The zero-order valence-corrected chi connectivity index (χ0v) is 8.45. The maximum Gasteiger partial charge on any atom is 0.0332 e. The molecule has 1 unspecified atom stereocenters. The minimum absolute atomic E-state index is 0.651. The van der Waals surface area contributed by atoms with Gasteiger partial charge < -0.3 is 0 Å². The Morgan fingerprint density at radius 1 is 1.67 bits per heavy atom. The molecule has 6 heavy (non-hydrogen) atoms. The van der Waals surface area contributed by atoms with Crippen LogP contribution < -0.4 is 0 Å². The van der Waals surface area contributed by atoms with Gasteiger partial charge in [-0.2, -0.15) is 0 Å². The fourth-order valence-electron chi connectivity index (χ4n) is 0.0412. The zero-order chi connectivity index (χ0) is 4.99. The van der Waals surface area contributed by atoms with Gasteiger partial charge in [-0.1, -0.05) is 54.5 Å². The van der Waals surface area contributed by atoms with E-state index in [0.717, 1.165) is 5.33 Å². The Labute approximate surface area is 68.5 Å². The van der Waals surface area contributed by atoms with Gasteiger partial charge in [0, 0.05) is 14.6 Å². The number of alkyl halides is 3. The maximum absolute atomic E-state index is 3.42. The lowest BCUT2D eigenvalue weighted by Crippen LogP contribution is -1.97. The summed E-state index contributed by atoms with van der Waals surface area (Å²) in [5.41, 5.74) is 0. The summed E-state index contributed by atoms with van der Waals surface area (Å²) in [6.07, 6.45) is 0. The number of halogens is 3. The van der Waals surface area contributed by atoms with Gasteiger partial charge in [0.15, 0.2) is 0 Å². The summed E-state index contributed by atoms with van der Waals surface area (Å²) in [7, 11) is 0. The van der Waals surface area contributed by atoms with Crippen LogP contribution >= 0.6 is 54.5 Å². The Kier molecular flexibility index (Phi) is 6.20. The van der Waals surface area contributed by atoms with E-state index in [9.17, 15) is 0 Å². The summed E-state index contributed by atoms with van der Waals surface area (Å²) in [6, 6.07) is 0. The highest BCUT2D eigenvalue weighted by Crippen LogP contribution is 2.05. The molecule has 38 valence electrons. The van der Waals surface area contributed by atoms with Crippen molar-refractivity contribution in [3.05, 3.63) is 0 Å². The van der Waals surface area contributed by atoms with Crippen molar-refractivity contribution in [2.75, 3.05) is 9.76 Å². The van der Waals surface area contributed by atoms with Gasteiger partial charge >= 0.3 is 0 Å². The molecule has 0 bridgehead atoms. The Morgan fingerprint density at radius 3 is 2.17 bits per heavy atom. The monoisotopic (exact) mass is 326 g/mol. The van der Waals surface area contributed by atoms with Crippen molar-refractivity contribution >= 4 is 54.5 Å². The Balaban J connectivity index is 2.75. The molecule has 0 radical (unpaired) electrons. The van der Waals surface area contributed by atoms with Crippen molar-refractivity contribution in [2.45, 2.75) is 4.83 Å². The first-order valence-electron chi connectivity index (χ1n) is 1.57. The summed E-state index contributed by atoms with van der Waals surface area (Å²) in [4.78, 5) is 0.651. The first kappa shape index (κ1) is 7.69. The molecule has 0 saturated heterocycles. The number of hydrogen-bond donors (Lipinski definition) is 0. The molecule has 0 nitrogen and oxygen atoms in total. The molecule has 0 N–H and O–H groups in total. The largest absolute Gasteiger partial charge is 0.0916 e. The van der Waals surface area contributed by atoms with Crippen molar-refractivity contribution in [1.82, 2.24) is 0 Å². The van der Waals surface area contributed by atoms with Gasteiger partial charge in [-0.25, -0.2) is 0 Å². The average molecular weight is 328 g/mol. The molecule has 0 saturated carbocycles. The lowest BCUT2D eigenvalue weighted by Gasteiger charge is -1.93. The normalized spacial score (nSPS) is 14.5. The van der Waals surface area contributed by atoms with Crippen LogP contribution in [0.15, 0.2) is 0 Å². The molecule has 0 spiro atoms. The molecule has 0 aromatic rings. The predicted octanol–water partition coefficient (Wildman–Crippen LogP) is 2.58. The first-order valence-corrected chi connectivity index (χ1v) is 5.13. The number of hydrogen-bond acceptors (Lipinski definition) is 0. The second-order valence-corrected chi connectivity index (χ2v) is 3.73. The fourth-order valence-corrected chi connectivity index (χ4v) is 1.44. The van der Waals surface area contributed by atoms with E-state index >= 15 is 0 Å². The molecule has 0 aliphatic heterocycles. The van der Waals surface area contributed by atoms with Crippen molar-refractivity contribution in [3.63, 3.8) is 0 Å². The minimum Gasteiger partial charge on any atom is -0.0916 e. The third kappa shape index (κ3) is 3.87. The van der Waals surface area contributed by atoms with Crippen LogP contribution in [0.2, 0.25) is 0 Å². The quantitative estimate of drug-likeness (QED) is 0.540. The van der Waals surface area contributed by atoms with Crippen LogP contribution in [0.4, 0.5) is 0 Å². The van der Waals surface area contributed by atoms with Gasteiger partial charge in [0.2, 0.25) is 0 Å². The second-order valence-electron chi connectivity index (χ2n) is 0.906. The van der Waals surface area contributed by atoms with Crippen LogP contribution in [0.3, 0.4) is 0 Å². The van der Waals surface area contributed by atoms with Gasteiger partial charge in [0.05, 0.1) is 0 Å². The zero-order valence-electron chi connectivity index (χ0n) is 3.13. The molecule has 1 atom stereocenters. The molecular weight excluding hydrogens is 323 g/mol. The highest BCUT2D eigenvalue weighted by atomic mass is 127. The van der Waals surface area contributed by atoms with Gasteiger partial charge in [-0.3, -0.25) is 0 Å². The molecule has 0 heterocycles. The van der Waals surface area contributed by atoms with E-state index in [2.05, 4.69) is 54.5 Å². The lowest BCUT2D eigenvalue weighted by atomic mass is 10.6. The molecule has 0 fully saturated rings. The minimum atomic E-state index is 0.651. The van der Waals surface area contributed by atoms with Crippen molar-refractivity contribution < 1.29 is 0 Å². The van der Waals surface area contributed by atoms with E-state index in [1.54, 1.807) is 0 Å². The van der Waals surface area contributed by atoms with Crippen molar-refractivity contribution in [3.8, 4) is 0 Å². The molecule has 0 amide bonds. The highest BCUT2D eigenvalue weighted by molar-refractivity contribution is 14.1. The van der Waals surface area contributed by atoms with Crippen molar-refractivity contribution in [1.29, 1.82) is 0 Å². The van der Waals surface area contributed by atoms with E-state index in [1.165, 1.54) is 4.43 Å². The summed E-state index contributed by atoms with van der Waals surface area (Å²) >= 11 is 9.08. The fraction of sp³-hybridized carbons (Fsp3) is 1.00. The van der Waals surface area contributed by atoms with E-state index in [1.807, 2.05) is 0 Å². The van der Waals surface area contributed by atoms with Crippen LogP contribution in [-0.4, -0.2) is 14.6 Å². The van der Waals surface area contributed by atoms with E-state index in [4.69, 9.17) is 0 Å². The predicted molar refractivity (Wildman–Crippen MR) is 45.4 cm³/mol. The van der Waals surface area contributed by atoms with E-state index < -0.39 is 0 Å². The molecule has 0 aromatic heterocycles. The van der Waals surface area contributed by atoms with Crippen LogP contribution in [0.25, 0.3) is 0 Å². The summed E-state index contributed by atoms with van der Waals surface area (Å²) in [5.74, 6) is 0. The van der Waals surface area contributed by atoms with Crippen molar-refractivity contribution in [2.24, 2.45) is 0 Å². The second kappa shape index (κ2) is 4.84. The smallest absolute Gasteiger partial charge is 0.0332 e. The van der Waals surface area contributed by atoms with Crippen LogP contribution in [0.5, 0.6) is 0 Å². The van der Waals surface area contributed by atoms with Gasteiger partial charge in [0.25, 0.3) is 0 Å². The Hall–Kier alpha value is 1.69. The Bertz CT molecular complexity index is 28.0. The summed E-state index contributed by atoms with van der Waals surface area (Å²) in [6.45, 7) is 0. The SMILES string of the molecule is BrCC(Br)CI. The van der Waals surface area contributed by atoms with E-state index in [-0.39, 0.29) is 0 Å².